The van der Waals surface area contributed by atoms with E-state index in [1.54, 1.807) is 32.0 Å². The standard InChI is InChI=1S/C26H32N5O9P/c1-5-11-26(35)20(32)18(39-24(26)31-14-28-19-21(31)29-25(27)30-22(19)33)12-37-41(36,40-17-9-7-6-8-10-17)13-16(4)23(34)38-15(2)3/h6-10,14-16,18,20,24,32,35H,12-13H2,1-4H3,(H3,27,29,30,33)/t16-,18-,20+,24-,26?,41+/m1/s1/i12D2. The summed E-state index contributed by atoms with van der Waals surface area (Å²) in [6.07, 6.45) is -5.82. The zero-order valence-corrected chi connectivity index (χ0v) is 23.6. The molecule has 0 amide bonds. The predicted octanol–water partition coefficient (Wildman–Crippen LogP) is 1.59. The maximum absolute atomic E-state index is 14.1. The summed E-state index contributed by atoms with van der Waals surface area (Å²) in [6, 6.07) is 7.77. The Morgan fingerprint density at radius 2 is 2.07 bits per heavy atom. The quantitative estimate of drug-likeness (QED) is 0.151. The number of carbonyl (C=O) groups is 1. The first kappa shape index (κ1) is 27.4. The molecule has 1 saturated heterocycles. The second kappa shape index (κ2) is 12.0. The van der Waals surface area contributed by atoms with Gasteiger partial charge in [0.05, 0.1) is 33.8 Å². The third kappa shape index (κ3) is 6.45. The molecule has 0 bridgehead atoms. The van der Waals surface area contributed by atoms with Crippen LogP contribution in [-0.2, 0) is 23.4 Å². The second-order valence-corrected chi connectivity index (χ2v) is 11.6. The van der Waals surface area contributed by atoms with Gasteiger partial charge in [0.25, 0.3) is 5.56 Å². The summed E-state index contributed by atoms with van der Waals surface area (Å²) < 4.78 is 54.7. The fourth-order valence-electron chi connectivity index (χ4n) is 4.14. The number of imidazole rings is 1. The molecule has 14 nitrogen and oxygen atoms in total. The van der Waals surface area contributed by atoms with E-state index >= 15 is 0 Å². The van der Waals surface area contributed by atoms with E-state index in [1.807, 2.05) is 0 Å². The van der Waals surface area contributed by atoms with Crippen molar-refractivity contribution < 1.29 is 40.8 Å². The molecule has 3 aromatic rings. The van der Waals surface area contributed by atoms with Crippen molar-refractivity contribution in [2.75, 3.05) is 18.5 Å². The Bertz CT molecular complexity index is 1660. The van der Waals surface area contributed by atoms with E-state index < -0.39 is 67.9 Å². The second-order valence-electron chi connectivity index (χ2n) is 9.62. The van der Waals surface area contributed by atoms with Gasteiger partial charge in [-0.25, -0.2) is 9.55 Å². The van der Waals surface area contributed by atoms with Crippen molar-refractivity contribution in [3.05, 3.63) is 47.0 Å². The minimum Gasteiger partial charge on any atom is -0.463 e. The Hall–Kier alpha value is -3.73. The average molecular weight is 592 g/mol. The Kier molecular flexibility index (Phi) is 8.04. The van der Waals surface area contributed by atoms with Crippen LogP contribution in [0, 0.1) is 17.8 Å². The lowest BCUT2D eigenvalue weighted by atomic mass is 9.94. The molecule has 6 atom stereocenters. The van der Waals surface area contributed by atoms with Crippen LogP contribution in [0.4, 0.5) is 5.95 Å². The van der Waals surface area contributed by atoms with Crippen LogP contribution in [0.2, 0.25) is 0 Å². The van der Waals surface area contributed by atoms with Crippen molar-refractivity contribution in [1.82, 2.24) is 19.5 Å². The zero-order valence-electron chi connectivity index (χ0n) is 24.7. The molecule has 41 heavy (non-hydrogen) atoms. The third-order valence-corrected chi connectivity index (χ3v) is 7.83. The van der Waals surface area contributed by atoms with Gasteiger partial charge in [-0.3, -0.25) is 23.7 Å². The van der Waals surface area contributed by atoms with Gasteiger partial charge < -0.3 is 29.9 Å². The summed E-state index contributed by atoms with van der Waals surface area (Å²) in [5, 5.41) is 22.8. The van der Waals surface area contributed by atoms with E-state index in [1.165, 1.54) is 26.0 Å². The summed E-state index contributed by atoms with van der Waals surface area (Å²) in [6.45, 7) is 2.94. The number of hydrogen-bond acceptors (Lipinski definition) is 12. The number of aromatic nitrogens is 4. The van der Waals surface area contributed by atoms with Crippen molar-refractivity contribution in [3.63, 3.8) is 0 Å². The van der Waals surface area contributed by atoms with E-state index in [4.69, 9.17) is 27.0 Å². The number of nitrogens with one attached hydrogen (secondary N) is 1. The van der Waals surface area contributed by atoms with Gasteiger partial charge in [-0.15, -0.1) is 5.92 Å². The minimum absolute atomic E-state index is 0.0592. The Balaban J connectivity index is 1.71. The topological polar surface area (TPSA) is 201 Å². The lowest BCUT2D eigenvalue weighted by molar-refractivity contribution is -0.151. The number of nitrogen functional groups attached to an aromatic ring is 1. The molecule has 15 heteroatoms. The van der Waals surface area contributed by atoms with Crippen LogP contribution < -0.4 is 15.8 Å². The number of aliphatic hydroxyl groups is 2. The van der Waals surface area contributed by atoms with Crippen LogP contribution in [0.15, 0.2) is 41.5 Å². The number of benzene rings is 1. The fraction of sp³-hybridized carbons (Fsp3) is 0.462. The highest BCUT2D eigenvalue weighted by molar-refractivity contribution is 7.54. The number of ether oxygens (including phenoxy) is 2. The number of anilines is 1. The minimum atomic E-state index is -4.56. The van der Waals surface area contributed by atoms with Crippen LogP contribution >= 0.6 is 7.60 Å². The lowest BCUT2D eigenvalue weighted by Crippen LogP contribution is -2.46. The predicted molar refractivity (Wildman–Crippen MR) is 147 cm³/mol. The van der Waals surface area contributed by atoms with Crippen LogP contribution in [0.1, 0.15) is 36.7 Å². The molecule has 4 rings (SSSR count). The summed E-state index contributed by atoms with van der Waals surface area (Å²) in [5.41, 5.74) is 2.16. The molecule has 5 N–H and O–H groups in total. The van der Waals surface area contributed by atoms with E-state index in [-0.39, 0.29) is 22.9 Å². The van der Waals surface area contributed by atoms with Crippen LogP contribution in [0.5, 0.6) is 5.75 Å². The number of nitrogens with zero attached hydrogens (tertiary/aromatic N) is 3. The van der Waals surface area contributed by atoms with Gasteiger partial charge in [-0.2, -0.15) is 4.98 Å². The van der Waals surface area contributed by atoms with Crippen molar-refractivity contribution in [3.8, 4) is 17.6 Å². The maximum atomic E-state index is 14.1. The number of rotatable bonds is 10. The Morgan fingerprint density at radius 3 is 2.73 bits per heavy atom. The van der Waals surface area contributed by atoms with Crippen LogP contribution in [0.3, 0.4) is 0 Å². The van der Waals surface area contributed by atoms with Gasteiger partial charge in [0.1, 0.15) is 18.0 Å². The number of para-hydroxylation sites is 1. The molecule has 3 heterocycles. The molecule has 1 aromatic carbocycles. The number of hydrogen-bond donors (Lipinski definition) is 4. The number of carbonyl (C=O) groups excluding carboxylic acids is 1. The molecule has 1 unspecified atom stereocenters. The largest absolute Gasteiger partial charge is 0.463 e. The van der Waals surface area contributed by atoms with Crippen molar-refractivity contribution >= 4 is 30.7 Å². The van der Waals surface area contributed by atoms with E-state index in [2.05, 4.69) is 26.8 Å². The smallest absolute Gasteiger partial charge is 0.380 e. The number of fused-ring (bicyclic) bond motifs is 1. The molecule has 0 saturated carbocycles. The molecule has 220 valence electrons. The van der Waals surface area contributed by atoms with Gasteiger partial charge in [0.15, 0.2) is 23.0 Å². The highest BCUT2D eigenvalue weighted by Gasteiger charge is 2.56. The number of esters is 1. The van der Waals surface area contributed by atoms with Gasteiger partial charge in [0.2, 0.25) is 5.95 Å². The average Bonchev–Trinajstić information content (AvgIpc) is 3.42. The Labute approximate surface area is 238 Å². The van der Waals surface area contributed by atoms with Gasteiger partial charge in [-0.1, -0.05) is 31.0 Å². The maximum Gasteiger partial charge on any atom is 0.380 e. The molecule has 1 aliphatic heterocycles. The number of H-pyrrole nitrogens is 1. The van der Waals surface area contributed by atoms with Crippen molar-refractivity contribution in [2.24, 2.45) is 5.92 Å². The molecular formula is C26H32N5O9P. The number of nitrogens with two attached hydrogens (primary N) is 1. The molecule has 1 fully saturated rings. The van der Waals surface area contributed by atoms with Crippen LogP contribution in [-0.4, -0.2) is 72.3 Å². The van der Waals surface area contributed by atoms with Gasteiger partial charge >= 0.3 is 13.6 Å². The third-order valence-electron chi connectivity index (χ3n) is 5.97. The molecule has 0 spiro atoms. The monoisotopic (exact) mass is 591 g/mol. The summed E-state index contributed by atoms with van der Waals surface area (Å²) in [7, 11) is -4.56. The van der Waals surface area contributed by atoms with Crippen molar-refractivity contribution in [2.45, 2.75) is 57.8 Å². The first-order chi connectivity index (χ1) is 20.1. The van der Waals surface area contributed by atoms with Crippen molar-refractivity contribution in [1.29, 1.82) is 0 Å². The van der Waals surface area contributed by atoms with E-state index in [0.717, 1.165) is 10.9 Å². The van der Waals surface area contributed by atoms with E-state index in [9.17, 15) is 24.4 Å². The molecule has 0 radical (unpaired) electrons. The van der Waals surface area contributed by atoms with Gasteiger partial charge in [0, 0.05) is 0 Å². The zero-order chi connectivity index (χ0) is 31.7. The molecule has 2 aromatic heterocycles. The summed E-state index contributed by atoms with van der Waals surface area (Å²) >= 11 is 0. The number of aliphatic hydroxyl groups excluding tert-OH is 1. The Morgan fingerprint density at radius 1 is 1.37 bits per heavy atom. The first-order valence-corrected chi connectivity index (χ1v) is 14.3. The molecule has 0 aliphatic carbocycles. The molecular weight excluding hydrogens is 557 g/mol. The highest BCUT2D eigenvalue weighted by Crippen LogP contribution is 2.51. The van der Waals surface area contributed by atoms with Gasteiger partial charge in [-0.05, 0) is 32.9 Å². The normalized spacial score (nSPS) is 25.5. The lowest BCUT2D eigenvalue weighted by Gasteiger charge is -2.26. The first-order valence-electron chi connectivity index (χ1n) is 13.6. The number of aromatic amines is 1. The summed E-state index contributed by atoms with van der Waals surface area (Å²) in [4.78, 5) is 35.1. The molecule has 1 aliphatic rings. The van der Waals surface area contributed by atoms with Crippen LogP contribution in [0.25, 0.3) is 11.2 Å². The fourth-order valence-corrected chi connectivity index (χ4v) is 5.85. The highest BCUT2D eigenvalue weighted by atomic mass is 31.2. The summed E-state index contributed by atoms with van der Waals surface area (Å²) in [5.74, 6) is 2.91. The van der Waals surface area contributed by atoms with E-state index in [0.29, 0.717) is 0 Å². The SMILES string of the molecule is [2H]C([2H])(O[P@@](=O)(C[C@@H](C)C(=O)OC(C)C)Oc1ccccc1)[C@H]1O[C@@H](n2cnc3c(=O)[nH]c(N)nc32)C(O)(C#CC)[C@H]1O.